The SMILES string of the molecule is Cc1ccc(CNc2ccc(C(=O)Nc3ccc(OC(C)C)cc3)nn2)cc1. The van der Waals surface area contributed by atoms with Crippen LogP contribution in [0.2, 0.25) is 0 Å². The van der Waals surface area contributed by atoms with E-state index in [2.05, 4.69) is 52.0 Å². The van der Waals surface area contributed by atoms with Crippen molar-refractivity contribution in [2.24, 2.45) is 0 Å². The second kappa shape index (κ2) is 8.99. The molecule has 6 nitrogen and oxygen atoms in total. The molecule has 3 aromatic rings. The quantitative estimate of drug-likeness (QED) is 0.638. The van der Waals surface area contributed by atoms with Gasteiger partial charge in [0.1, 0.15) is 11.6 Å². The lowest BCUT2D eigenvalue weighted by Crippen LogP contribution is -2.15. The Morgan fingerprint density at radius 3 is 2.29 bits per heavy atom. The Bertz CT molecular complexity index is 905. The van der Waals surface area contributed by atoms with E-state index in [-0.39, 0.29) is 17.7 Å². The zero-order valence-corrected chi connectivity index (χ0v) is 16.3. The van der Waals surface area contributed by atoms with Crippen LogP contribution in [0.15, 0.2) is 60.7 Å². The van der Waals surface area contributed by atoms with E-state index >= 15 is 0 Å². The molecule has 0 atom stereocenters. The summed E-state index contributed by atoms with van der Waals surface area (Å²) >= 11 is 0. The summed E-state index contributed by atoms with van der Waals surface area (Å²) in [6.07, 6.45) is 0.105. The number of carbonyl (C=O) groups excluding carboxylic acids is 1. The molecule has 28 heavy (non-hydrogen) atoms. The molecule has 0 aliphatic rings. The number of anilines is 2. The number of hydrogen-bond acceptors (Lipinski definition) is 5. The van der Waals surface area contributed by atoms with Crippen molar-refractivity contribution in [3.05, 3.63) is 77.5 Å². The first-order valence-corrected chi connectivity index (χ1v) is 9.21. The Labute approximate surface area is 165 Å². The van der Waals surface area contributed by atoms with Gasteiger partial charge in [-0.25, -0.2) is 0 Å². The van der Waals surface area contributed by atoms with Gasteiger partial charge in [-0.3, -0.25) is 4.79 Å². The fourth-order valence-electron chi connectivity index (χ4n) is 2.53. The highest BCUT2D eigenvalue weighted by Crippen LogP contribution is 2.17. The molecule has 1 aromatic heterocycles. The smallest absolute Gasteiger partial charge is 0.276 e. The van der Waals surface area contributed by atoms with Crippen LogP contribution in [0.3, 0.4) is 0 Å². The minimum atomic E-state index is -0.310. The summed E-state index contributed by atoms with van der Waals surface area (Å²) in [6.45, 7) is 6.63. The molecule has 0 saturated heterocycles. The Balaban J connectivity index is 1.55. The summed E-state index contributed by atoms with van der Waals surface area (Å²) in [5.41, 5.74) is 3.30. The van der Waals surface area contributed by atoms with Gasteiger partial charge in [-0.15, -0.1) is 10.2 Å². The van der Waals surface area contributed by atoms with Crippen LogP contribution in [0, 0.1) is 6.92 Å². The van der Waals surface area contributed by atoms with Crippen LogP contribution < -0.4 is 15.4 Å². The Kier molecular flexibility index (Phi) is 6.22. The summed E-state index contributed by atoms with van der Waals surface area (Å²) in [5.74, 6) is 1.07. The monoisotopic (exact) mass is 376 g/mol. The van der Waals surface area contributed by atoms with Gasteiger partial charge in [-0.1, -0.05) is 29.8 Å². The first-order chi connectivity index (χ1) is 13.5. The molecule has 2 N–H and O–H groups in total. The average molecular weight is 376 g/mol. The number of nitrogens with one attached hydrogen (secondary N) is 2. The van der Waals surface area contributed by atoms with Crippen molar-refractivity contribution in [1.29, 1.82) is 0 Å². The largest absolute Gasteiger partial charge is 0.491 e. The Morgan fingerprint density at radius 1 is 0.964 bits per heavy atom. The highest BCUT2D eigenvalue weighted by Gasteiger charge is 2.09. The second-order valence-electron chi connectivity index (χ2n) is 6.79. The van der Waals surface area contributed by atoms with Crippen molar-refractivity contribution in [3.8, 4) is 5.75 Å². The molecule has 1 amide bonds. The topological polar surface area (TPSA) is 76.1 Å². The van der Waals surface area contributed by atoms with Gasteiger partial charge in [-0.05, 0) is 62.7 Å². The van der Waals surface area contributed by atoms with Gasteiger partial charge in [0.15, 0.2) is 5.69 Å². The van der Waals surface area contributed by atoms with E-state index in [0.29, 0.717) is 18.1 Å². The maximum absolute atomic E-state index is 12.3. The van der Waals surface area contributed by atoms with Gasteiger partial charge in [0.05, 0.1) is 6.10 Å². The molecular weight excluding hydrogens is 352 g/mol. The maximum atomic E-state index is 12.3. The summed E-state index contributed by atoms with van der Waals surface area (Å²) in [5, 5.41) is 14.1. The molecule has 144 valence electrons. The molecule has 0 saturated carbocycles. The van der Waals surface area contributed by atoms with Crippen molar-refractivity contribution < 1.29 is 9.53 Å². The van der Waals surface area contributed by atoms with Crippen molar-refractivity contribution in [2.75, 3.05) is 10.6 Å². The normalized spacial score (nSPS) is 10.6. The van der Waals surface area contributed by atoms with Gasteiger partial charge < -0.3 is 15.4 Å². The van der Waals surface area contributed by atoms with Gasteiger partial charge in [0, 0.05) is 12.2 Å². The molecule has 1 heterocycles. The zero-order valence-electron chi connectivity index (χ0n) is 16.3. The van der Waals surface area contributed by atoms with E-state index in [9.17, 15) is 4.79 Å². The van der Waals surface area contributed by atoms with Crippen LogP contribution in [0.4, 0.5) is 11.5 Å². The van der Waals surface area contributed by atoms with E-state index in [0.717, 1.165) is 11.3 Å². The predicted octanol–water partition coefficient (Wildman–Crippen LogP) is 4.44. The highest BCUT2D eigenvalue weighted by atomic mass is 16.5. The molecule has 3 rings (SSSR count). The van der Waals surface area contributed by atoms with E-state index in [1.54, 1.807) is 24.3 Å². The number of aromatic nitrogens is 2. The molecule has 0 bridgehead atoms. The fraction of sp³-hybridized carbons (Fsp3) is 0.227. The molecule has 2 aromatic carbocycles. The van der Waals surface area contributed by atoms with E-state index in [1.165, 1.54) is 5.56 Å². The van der Waals surface area contributed by atoms with Crippen LogP contribution in [0.1, 0.15) is 35.5 Å². The van der Waals surface area contributed by atoms with Crippen LogP contribution in [-0.2, 0) is 6.54 Å². The lowest BCUT2D eigenvalue weighted by Gasteiger charge is -2.10. The van der Waals surface area contributed by atoms with Crippen molar-refractivity contribution >= 4 is 17.4 Å². The van der Waals surface area contributed by atoms with Gasteiger partial charge in [-0.2, -0.15) is 0 Å². The lowest BCUT2D eigenvalue weighted by molar-refractivity contribution is 0.102. The molecule has 0 unspecified atom stereocenters. The second-order valence-corrected chi connectivity index (χ2v) is 6.79. The Morgan fingerprint density at radius 2 is 1.68 bits per heavy atom. The predicted molar refractivity (Wildman–Crippen MR) is 111 cm³/mol. The zero-order chi connectivity index (χ0) is 19.9. The number of ether oxygens (including phenoxy) is 1. The summed E-state index contributed by atoms with van der Waals surface area (Å²) in [4.78, 5) is 12.3. The third kappa shape index (κ3) is 5.54. The van der Waals surface area contributed by atoms with Crippen LogP contribution in [-0.4, -0.2) is 22.2 Å². The van der Waals surface area contributed by atoms with Gasteiger partial charge >= 0.3 is 0 Å². The van der Waals surface area contributed by atoms with Crippen molar-refractivity contribution in [2.45, 2.75) is 33.4 Å². The van der Waals surface area contributed by atoms with Gasteiger partial charge in [0.2, 0.25) is 0 Å². The van der Waals surface area contributed by atoms with Crippen LogP contribution in [0.5, 0.6) is 5.75 Å². The molecule has 0 radical (unpaired) electrons. The Hall–Kier alpha value is -3.41. The number of aryl methyl sites for hydroxylation is 1. The summed E-state index contributed by atoms with van der Waals surface area (Å²) in [7, 11) is 0. The number of benzene rings is 2. The molecule has 0 aliphatic carbocycles. The van der Waals surface area contributed by atoms with Crippen LogP contribution in [0.25, 0.3) is 0 Å². The van der Waals surface area contributed by atoms with E-state index in [4.69, 9.17) is 4.74 Å². The van der Waals surface area contributed by atoms with Crippen LogP contribution >= 0.6 is 0 Å². The first-order valence-electron chi connectivity index (χ1n) is 9.21. The summed E-state index contributed by atoms with van der Waals surface area (Å²) in [6, 6.07) is 18.9. The minimum Gasteiger partial charge on any atom is -0.491 e. The standard InChI is InChI=1S/C22H24N4O2/c1-15(2)28-19-10-8-18(9-11-19)24-22(27)20-12-13-21(26-25-20)23-14-17-6-4-16(3)5-7-17/h4-13,15H,14H2,1-3H3,(H,23,26)(H,24,27). The third-order valence-corrected chi connectivity index (χ3v) is 3.98. The van der Waals surface area contributed by atoms with Crippen molar-refractivity contribution in [3.63, 3.8) is 0 Å². The highest BCUT2D eigenvalue weighted by molar-refractivity contribution is 6.02. The number of rotatable bonds is 7. The number of carbonyl (C=O) groups is 1. The molecule has 6 heteroatoms. The average Bonchev–Trinajstić information content (AvgIpc) is 2.69. The maximum Gasteiger partial charge on any atom is 0.276 e. The minimum absolute atomic E-state index is 0.105. The third-order valence-electron chi connectivity index (χ3n) is 3.98. The van der Waals surface area contributed by atoms with Crippen molar-refractivity contribution in [1.82, 2.24) is 10.2 Å². The molecule has 0 fully saturated rings. The first kappa shape index (κ1) is 19.4. The number of hydrogen-bond donors (Lipinski definition) is 2. The molecular formula is C22H24N4O2. The summed E-state index contributed by atoms with van der Waals surface area (Å²) < 4.78 is 5.59. The fourth-order valence-corrected chi connectivity index (χ4v) is 2.53. The number of nitrogens with zero attached hydrogens (tertiary/aromatic N) is 2. The molecule has 0 aliphatic heterocycles. The number of amides is 1. The van der Waals surface area contributed by atoms with E-state index < -0.39 is 0 Å². The lowest BCUT2D eigenvalue weighted by atomic mass is 10.1. The molecule has 0 spiro atoms. The van der Waals surface area contributed by atoms with Gasteiger partial charge in [0.25, 0.3) is 5.91 Å². The van der Waals surface area contributed by atoms with E-state index in [1.807, 2.05) is 26.0 Å².